The van der Waals surface area contributed by atoms with E-state index in [4.69, 9.17) is 0 Å². The van der Waals surface area contributed by atoms with Crippen LogP contribution < -0.4 is 0 Å². The average molecular weight is 357 g/mol. The molecule has 0 saturated heterocycles. The van der Waals surface area contributed by atoms with Gasteiger partial charge < -0.3 is 0 Å². The molecule has 0 N–H and O–H groups in total. The van der Waals surface area contributed by atoms with Gasteiger partial charge in [-0.1, -0.05) is 52.4 Å². The SMILES string of the molecule is C[C@]12CC[C@@H]([C@@H](Br)C1=O)[C@]2(C)CI. The number of alkyl halides is 2. The van der Waals surface area contributed by atoms with Crippen molar-refractivity contribution < 1.29 is 4.79 Å². The largest absolute Gasteiger partial charge is 0.298 e. The first kappa shape index (κ1) is 10.4. The molecule has 0 aromatic heterocycles. The van der Waals surface area contributed by atoms with Crippen LogP contribution in [0, 0.1) is 16.7 Å². The van der Waals surface area contributed by atoms with Gasteiger partial charge >= 0.3 is 0 Å². The van der Waals surface area contributed by atoms with E-state index >= 15 is 0 Å². The van der Waals surface area contributed by atoms with Gasteiger partial charge in [0, 0.05) is 9.84 Å². The van der Waals surface area contributed by atoms with Crippen LogP contribution in [0.3, 0.4) is 0 Å². The van der Waals surface area contributed by atoms with E-state index in [1.54, 1.807) is 0 Å². The summed E-state index contributed by atoms with van der Waals surface area (Å²) in [4.78, 5) is 12.1. The maximum Gasteiger partial charge on any atom is 0.153 e. The molecular formula is C10H14BrIO. The van der Waals surface area contributed by atoms with Crippen molar-refractivity contribution >= 4 is 44.3 Å². The summed E-state index contributed by atoms with van der Waals surface area (Å²) in [6.45, 7) is 4.45. The fourth-order valence-electron chi connectivity index (χ4n) is 3.07. The number of carbonyl (C=O) groups is 1. The Labute approximate surface area is 101 Å². The van der Waals surface area contributed by atoms with Crippen molar-refractivity contribution in [2.45, 2.75) is 31.5 Å². The summed E-state index contributed by atoms with van der Waals surface area (Å²) < 4.78 is 1.10. The molecule has 0 aromatic carbocycles. The fourth-order valence-corrected chi connectivity index (χ4v) is 5.83. The highest BCUT2D eigenvalue weighted by atomic mass is 127. The van der Waals surface area contributed by atoms with Crippen LogP contribution in [0.25, 0.3) is 0 Å². The Bertz CT molecular complexity index is 268. The van der Waals surface area contributed by atoms with Crippen LogP contribution in [-0.4, -0.2) is 15.0 Å². The molecule has 2 aliphatic rings. The van der Waals surface area contributed by atoms with E-state index in [9.17, 15) is 4.79 Å². The van der Waals surface area contributed by atoms with Gasteiger partial charge in [0.1, 0.15) is 0 Å². The minimum atomic E-state index is -0.0486. The number of ketones is 1. The second-order valence-electron chi connectivity index (χ2n) is 4.79. The number of hydrogen-bond acceptors (Lipinski definition) is 1. The Kier molecular flexibility index (Phi) is 2.35. The maximum atomic E-state index is 12.0. The normalized spacial score (nSPS) is 54.6. The number of hydrogen-bond donors (Lipinski definition) is 0. The van der Waals surface area contributed by atoms with Crippen molar-refractivity contribution in [2.24, 2.45) is 16.7 Å². The van der Waals surface area contributed by atoms with Crippen molar-refractivity contribution in [3.05, 3.63) is 0 Å². The maximum absolute atomic E-state index is 12.0. The second kappa shape index (κ2) is 2.94. The first-order valence-electron chi connectivity index (χ1n) is 4.72. The zero-order valence-electron chi connectivity index (χ0n) is 7.94. The highest BCUT2D eigenvalue weighted by Crippen LogP contribution is 2.65. The van der Waals surface area contributed by atoms with E-state index in [2.05, 4.69) is 52.4 Å². The lowest BCUT2D eigenvalue weighted by Crippen LogP contribution is -2.36. The van der Waals surface area contributed by atoms with Crippen LogP contribution >= 0.6 is 38.5 Å². The molecule has 0 aliphatic heterocycles. The quantitative estimate of drug-likeness (QED) is 0.521. The monoisotopic (exact) mass is 356 g/mol. The molecule has 0 heterocycles. The van der Waals surface area contributed by atoms with Gasteiger partial charge in [0.15, 0.2) is 5.78 Å². The number of carbonyl (C=O) groups excluding carboxylic acids is 1. The number of halogens is 2. The van der Waals surface area contributed by atoms with Crippen LogP contribution in [0.4, 0.5) is 0 Å². The van der Waals surface area contributed by atoms with E-state index in [0.29, 0.717) is 11.7 Å². The predicted octanol–water partition coefficient (Wildman–Crippen LogP) is 3.19. The Balaban J connectivity index is 2.49. The molecule has 0 aromatic rings. The molecule has 0 spiro atoms. The lowest BCUT2D eigenvalue weighted by atomic mass is 9.70. The molecule has 1 nitrogen and oxygen atoms in total. The first-order valence-corrected chi connectivity index (χ1v) is 7.16. The number of Topliss-reactive ketones (excluding diaryl/α,β-unsaturated/α-hetero) is 1. The highest BCUT2D eigenvalue weighted by Gasteiger charge is 2.67. The van der Waals surface area contributed by atoms with Gasteiger partial charge in [0.05, 0.1) is 4.83 Å². The van der Waals surface area contributed by atoms with E-state index in [-0.39, 0.29) is 15.7 Å². The van der Waals surface area contributed by atoms with Crippen molar-refractivity contribution in [3.63, 3.8) is 0 Å². The molecule has 2 bridgehead atoms. The molecule has 0 amide bonds. The third-order valence-electron chi connectivity index (χ3n) is 4.46. The summed E-state index contributed by atoms with van der Waals surface area (Å²) in [5, 5.41) is 0. The lowest BCUT2D eigenvalue weighted by Gasteiger charge is -2.34. The summed E-state index contributed by atoms with van der Waals surface area (Å²) in [6, 6.07) is 0. The summed E-state index contributed by atoms with van der Waals surface area (Å²) >= 11 is 5.99. The molecule has 3 heteroatoms. The summed E-state index contributed by atoms with van der Waals surface area (Å²) in [6.07, 6.45) is 2.32. The third kappa shape index (κ3) is 1.01. The van der Waals surface area contributed by atoms with Crippen molar-refractivity contribution in [1.82, 2.24) is 0 Å². The van der Waals surface area contributed by atoms with E-state index in [0.717, 1.165) is 10.8 Å². The Morgan fingerprint density at radius 2 is 2.23 bits per heavy atom. The van der Waals surface area contributed by atoms with Crippen LogP contribution in [0.15, 0.2) is 0 Å². The lowest BCUT2D eigenvalue weighted by molar-refractivity contribution is -0.127. The van der Waals surface area contributed by atoms with Crippen molar-refractivity contribution in [3.8, 4) is 0 Å². The summed E-state index contributed by atoms with van der Waals surface area (Å²) in [5.41, 5.74) is 0.186. The zero-order chi connectivity index (χ0) is 9.85. The predicted molar refractivity (Wildman–Crippen MR) is 65.5 cm³/mol. The highest BCUT2D eigenvalue weighted by molar-refractivity contribution is 14.1. The van der Waals surface area contributed by atoms with Crippen LogP contribution in [0.1, 0.15) is 26.7 Å². The Morgan fingerprint density at radius 3 is 2.54 bits per heavy atom. The minimum absolute atomic E-state index is 0.0486. The summed E-state index contributed by atoms with van der Waals surface area (Å²) in [5.74, 6) is 1.02. The van der Waals surface area contributed by atoms with Crippen molar-refractivity contribution in [1.29, 1.82) is 0 Å². The third-order valence-corrected chi connectivity index (χ3v) is 7.10. The van der Waals surface area contributed by atoms with Crippen LogP contribution in [0.2, 0.25) is 0 Å². The fraction of sp³-hybridized carbons (Fsp3) is 0.900. The van der Waals surface area contributed by atoms with E-state index in [1.165, 1.54) is 6.42 Å². The Hall–Kier alpha value is 0.880. The van der Waals surface area contributed by atoms with Gasteiger partial charge in [0.25, 0.3) is 0 Å². The topological polar surface area (TPSA) is 17.1 Å². The van der Waals surface area contributed by atoms with Gasteiger partial charge in [-0.25, -0.2) is 0 Å². The van der Waals surface area contributed by atoms with Crippen LogP contribution in [-0.2, 0) is 4.79 Å². The molecule has 2 fully saturated rings. The van der Waals surface area contributed by atoms with Gasteiger partial charge in [-0.05, 0) is 24.2 Å². The van der Waals surface area contributed by atoms with Gasteiger partial charge in [-0.2, -0.15) is 0 Å². The number of rotatable bonds is 1. The molecule has 4 atom stereocenters. The molecular weight excluding hydrogens is 343 g/mol. The standard InChI is InChI=1S/C10H14BrIO/c1-9-4-3-6(7(11)8(9)13)10(9,2)5-12/h6-7H,3-5H2,1-2H3/t6-,7+,9-,10-/m0/s1. The van der Waals surface area contributed by atoms with Gasteiger partial charge in [0.2, 0.25) is 0 Å². The van der Waals surface area contributed by atoms with E-state index < -0.39 is 0 Å². The minimum Gasteiger partial charge on any atom is -0.298 e. The molecule has 0 radical (unpaired) electrons. The number of fused-ring (bicyclic) bond motifs is 2. The first-order chi connectivity index (χ1) is 5.97. The summed E-state index contributed by atoms with van der Waals surface area (Å²) in [7, 11) is 0. The molecule has 2 saturated carbocycles. The molecule has 2 aliphatic carbocycles. The molecule has 74 valence electrons. The molecule has 0 unspecified atom stereocenters. The van der Waals surface area contributed by atoms with Crippen molar-refractivity contribution in [2.75, 3.05) is 4.43 Å². The van der Waals surface area contributed by atoms with E-state index in [1.807, 2.05) is 0 Å². The molecule has 2 rings (SSSR count). The Morgan fingerprint density at radius 1 is 1.62 bits per heavy atom. The van der Waals surface area contributed by atoms with Gasteiger partial charge in [-0.3, -0.25) is 4.79 Å². The average Bonchev–Trinajstić information content (AvgIpc) is 2.44. The smallest absolute Gasteiger partial charge is 0.153 e. The second-order valence-corrected chi connectivity index (χ2v) is 6.54. The molecule has 13 heavy (non-hydrogen) atoms. The zero-order valence-corrected chi connectivity index (χ0v) is 11.7. The van der Waals surface area contributed by atoms with Crippen LogP contribution in [0.5, 0.6) is 0 Å². The van der Waals surface area contributed by atoms with Gasteiger partial charge in [-0.15, -0.1) is 0 Å².